The molecule has 2 N–H and O–H groups in total. The quantitative estimate of drug-likeness (QED) is 0.885. The summed E-state index contributed by atoms with van der Waals surface area (Å²) in [6.45, 7) is 0. The van der Waals surface area contributed by atoms with Gasteiger partial charge in [0, 0.05) is 7.05 Å². The van der Waals surface area contributed by atoms with Crippen LogP contribution in [0.5, 0.6) is 0 Å². The molecule has 0 aliphatic heterocycles. The zero-order chi connectivity index (χ0) is 14.9. The first-order valence-corrected chi connectivity index (χ1v) is 7.06. The average Bonchev–Trinajstić information content (AvgIpc) is 2.37. The zero-order valence-electron chi connectivity index (χ0n) is 10.5. The molecule has 0 amide bonds. The summed E-state index contributed by atoms with van der Waals surface area (Å²) in [5, 5.41) is 0. The highest BCUT2D eigenvalue weighted by Gasteiger charge is 2.27. The maximum absolute atomic E-state index is 13.7. The molecule has 0 bridgehead atoms. The minimum atomic E-state index is -4.20. The first-order chi connectivity index (χ1) is 9.34. The highest BCUT2D eigenvalue weighted by atomic mass is 32.2. The number of sulfonamides is 1. The van der Waals surface area contributed by atoms with Crippen LogP contribution in [0.15, 0.2) is 47.4 Å². The van der Waals surface area contributed by atoms with Crippen molar-refractivity contribution < 1.29 is 17.2 Å². The third kappa shape index (κ3) is 2.44. The van der Waals surface area contributed by atoms with Gasteiger partial charge in [0.1, 0.15) is 16.5 Å². The average molecular weight is 298 g/mol. The van der Waals surface area contributed by atoms with E-state index in [9.17, 15) is 17.2 Å². The van der Waals surface area contributed by atoms with E-state index in [1.165, 1.54) is 37.4 Å². The van der Waals surface area contributed by atoms with E-state index in [1.807, 2.05) is 0 Å². The summed E-state index contributed by atoms with van der Waals surface area (Å²) >= 11 is 0. The first kappa shape index (κ1) is 14.3. The van der Waals surface area contributed by atoms with E-state index in [2.05, 4.69) is 0 Å². The molecule has 4 nitrogen and oxygen atoms in total. The van der Waals surface area contributed by atoms with Crippen LogP contribution in [0.2, 0.25) is 0 Å². The molecule has 20 heavy (non-hydrogen) atoms. The minimum Gasteiger partial charge on any atom is -0.398 e. The SMILES string of the molecule is CN(c1cccc(F)c1)S(=O)(=O)c1c(N)cccc1F. The van der Waals surface area contributed by atoms with Crippen molar-refractivity contribution >= 4 is 21.4 Å². The Morgan fingerprint density at radius 2 is 1.75 bits per heavy atom. The Hall–Kier alpha value is -2.15. The lowest BCUT2D eigenvalue weighted by Gasteiger charge is -2.20. The molecule has 0 unspecified atom stereocenters. The predicted octanol–water partition coefficient (Wildman–Crippen LogP) is 2.37. The van der Waals surface area contributed by atoms with Crippen molar-refractivity contribution in [2.24, 2.45) is 0 Å². The molecule has 2 aromatic rings. The van der Waals surface area contributed by atoms with Crippen LogP contribution >= 0.6 is 0 Å². The summed E-state index contributed by atoms with van der Waals surface area (Å²) in [6, 6.07) is 8.58. The maximum atomic E-state index is 13.7. The Bertz CT molecular complexity index is 728. The van der Waals surface area contributed by atoms with E-state index >= 15 is 0 Å². The van der Waals surface area contributed by atoms with Gasteiger partial charge in [-0.25, -0.2) is 17.2 Å². The van der Waals surface area contributed by atoms with Gasteiger partial charge in [-0.1, -0.05) is 12.1 Å². The number of rotatable bonds is 3. The molecule has 0 fully saturated rings. The molecular formula is C13H12F2N2O2S. The van der Waals surface area contributed by atoms with Gasteiger partial charge in [0.15, 0.2) is 0 Å². The minimum absolute atomic E-state index is 0.0765. The smallest absolute Gasteiger partial charge is 0.269 e. The predicted molar refractivity (Wildman–Crippen MR) is 72.8 cm³/mol. The Morgan fingerprint density at radius 3 is 2.35 bits per heavy atom. The highest BCUT2D eigenvalue weighted by molar-refractivity contribution is 7.93. The molecule has 2 rings (SSSR count). The van der Waals surface area contributed by atoms with Crippen LogP contribution in [-0.2, 0) is 10.0 Å². The fourth-order valence-corrected chi connectivity index (χ4v) is 3.09. The molecule has 0 spiro atoms. The topological polar surface area (TPSA) is 63.4 Å². The molecule has 0 saturated heterocycles. The molecule has 0 aliphatic rings. The molecule has 0 atom stereocenters. The fraction of sp³-hybridized carbons (Fsp3) is 0.0769. The lowest BCUT2D eigenvalue weighted by Crippen LogP contribution is -2.28. The highest BCUT2D eigenvalue weighted by Crippen LogP contribution is 2.28. The number of nitrogen functional groups attached to an aromatic ring is 1. The third-order valence-corrected chi connectivity index (χ3v) is 4.67. The van der Waals surface area contributed by atoms with Gasteiger partial charge in [0.05, 0.1) is 11.4 Å². The first-order valence-electron chi connectivity index (χ1n) is 5.62. The summed E-state index contributed by atoms with van der Waals surface area (Å²) in [5.74, 6) is -1.54. The van der Waals surface area contributed by atoms with Gasteiger partial charge in [-0.2, -0.15) is 0 Å². The van der Waals surface area contributed by atoms with Crippen LogP contribution < -0.4 is 10.0 Å². The van der Waals surface area contributed by atoms with Crippen molar-refractivity contribution in [2.45, 2.75) is 4.90 Å². The molecule has 7 heteroatoms. The van der Waals surface area contributed by atoms with Gasteiger partial charge in [-0.3, -0.25) is 4.31 Å². The summed E-state index contributed by atoms with van der Waals surface area (Å²) in [5.41, 5.74) is 5.41. The summed E-state index contributed by atoms with van der Waals surface area (Å²) < 4.78 is 52.4. The van der Waals surface area contributed by atoms with Crippen molar-refractivity contribution in [1.29, 1.82) is 0 Å². The van der Waals surface area contributed by atoms with Crippen LogP contribution in [0.25, 0.3) is 0 Å². The van der Waals surface area contributed by atoms with E-state index in [0.29, 0.717) is 0 Å². The maximum Gasteiger partial charge on any atom is 0.269 e. The van der Waals surface area contributed by atoms with Crippen LogP contribution in [0.4, 0.5) is 20.2 Å². The van der Waals surface area contributed by atoms with Crippen LogP contribution in [-0.4, -0.2) is 15.5 Å². The second-order valence-electron chi connectivity index (χ2n) is 4.11. The van der Waals surface area contributed by atoms with Gasteiger partial charge >= 0.3 is 0 Å². The second kappa shape index (κ2) is 5.09. The van der Waals surface area contributed by atoms with Crippen molar-refractivity contribution in [3.63, 3.8) is 0 Å². The van der Waals surface area contributed by atoms with E-state index < -0.39 is 26.6 Å². The van der Waals surface area contributed by atoms with Gasteiger partial charge in [0.2, 0.25) is 0 Å². The number of hydrogen-bond acceptors (Lipinski definition) is 3. The largest absolute Gasteiger partial charge is 0.398 e. The van der Waals surface area contributed by atoms with Gasteiger partial charge < -0.3 is 5.73 Å². The summed E-state index contributed by atoms with van der Waals surface area (Å²) in [6.07, 6.45) is 0. The Morgan fingerprint density at radius 1 is 1.10 bits per heavy atom. The summed E-state index contributed by atoms with van der Waals surface area (Å²) in [4.78, 5) is -0.619. The second-order valence-corrected chi connectivity index (χ2v) is 6.02. The molecule has 0 heterocycles. The number of anilines is 2. The van der Waals surface area contributed by atoms with Crippen molar-refractivity contribution in [3.05, 3.63) is 54.1 Å². The molecule has 0 saturated carbocycles. The van der Waals surface area contributed by atoms with Crippen LogP contribution in [0.1, 0.15) is 0 Å². The van der Waals surface area contributed by atoms with E-state index in [0.717, 1.165) is 16.4 Å². The lowest BCUT2D eigenvalue weighted by atomic mass is 10.3. The van der Waals surface area contributed by atoms with Crippen LogP contribution in [0, 0.1) is 11.6 Å². The number of nitrogens with two attached hydrogens (primary N) is 1. The molecule has 0 radical (unpaired) electrons. The zero-order valence-corrected chi connectivity index (χ0v) is 11.4. The molecular weight excluding hydrogens is 286 g/mol. The Balaban J connectivity index is 2.56. The number of hydrogen-bond donors (Lipinski definition) is 1. The molecule has 106 valence electrons. The normalized spacial score (nSPS) is 11.3. The molecule has 2 aromatic carbocycles. The third-order valence-electron chi connectivity index (χ3n) is 2.79. The monoisotopic (exact) mass is 298 g/mol. The number of nitrogens with zero attached hydrogens (tertiary/aromatic N) is 1. The fourth-order valence-electron chi connectivity index (χ4n) is 1.75. The van der Waals surface area contributed by atoms with E-state index in [-0.39, 0.29) is 11.4 Å². The van der Waals surface area contributed by atoms with Gasteiger partial charge in [-0.15, -0.1) is 0 Å². The van der Waals surface area contributed by atoms with Crippen molar-refractivity contribution in [1.82, 2.24) is 0 Å². The van der Waals surface area contributed by atoms with Gasteiger partial charge in [-0.05, 0) is 30.3 Å². The van der Waals surface area contributed by atoms with E-state index in [4.69, 9.17) is 5.73 Å². The van der Waals surface area contributed by atoms with Gasteiger partial charge in [0.25, 0.3) is 10.0 Å². The lowest BCUT2D eigenvalue weighted by molar-refractivity contribution is 0.567. The van der Waals surface area contributed by atoms with Crippen molar-refractivity contribution in [3.8, 4) is 0 Å². The van der Waals surface area contributed by atoms with E-state index in [1.54, 1.807) is 0 Å². The Kier molecular flexibility index (Phi) is 3.63. The standard InChI is InChI=1S/C13H12F2N2O2S/c1-17(10-5-2-4-9(14)8-10)20(18,19)13-11(15)6-3-7-12(13)16/h2-8H,16H2,1H3. The Labute approximate surface area is 115 Å². The summed E-state index contributed by atoms with van der Waals surface area (Å²) in [7, 11) is -3.00. The molecule has 0 aromatic heterocycles. The van der Waals surface area contributed by atoms with Crippen molar-refractivity contribution in [2.75, 3.05) is 17.1 Å². The number of benzene rings is 2. The van der Waals surface area contributed by atoms with Crippen LogP contribution in [0.3, 0.4) is 0 Å². The molecule has 0 aliphatic carbocycles. The number of halogens is 2.